The van der Waals surface area contributed by atoms with E-state index < -0.39 is 5.63 Å². The zero-order valence-corrected chi connectivity index (χ0v) is 17.4. The van der Waals surface area contributed by atoms with Gasteiger partial charge in [-0.1, -0.05) is 18.6 Å². The van der Waals surface area contributed by atoms with Gasteiger partial charge in [-0.15, -0.1) is 11.3 Å². The topological polar surface area (TPSA) is 65.1 Å². The van der Waals surface area contributed by atoms with Crippen molar-refractivity contribution in [1.29, 1.82) is 0 Å². The van der Waals surface area contributed by atoms with Gasteiger partial charge < -0.3 is 4.42 Å². The largest absolute Gasteiger partial charge is 0.422 e. The van der Waals surface area contributed by atoms with Crippen molar-refractivity contribution >= 4 is 32.5 Å². The molecule has 4 aromatic rings. The molecule has 0 unspecified atom stereocenters. The minimum absolute atomic E-state index is 0.0142. The summed E-state index contributed by atoms with van der Waals surface area (Å²) in [5.41, 5.74) is 4.18. The first-order valence-corrected chi connectivity index (χ1v) is 10.9. The van der Waals surface area contributed by atoms with Crippen LogP contribution in [0.4, 0.5) is 0 Å². The number of aryl methyl sites for hydroxylation is 4. The van der Waals surface area contributed by atoms with Gasteiger partial charge in [0.05, 0.1) is 18.3 Å². The van der Waals surface area contributed by atoms with Crippen molar-refractivity contribution in [1.82, 2.24) is 9.55 Å². The first kappa shape index (κ1) is 18.3. The Kier molecular flexibility index (Phi) is 4.39. The van der Waals surface area contributed by atoms with E-state index in [1.807, 2.05) is 26.0 Å². The molecular weight excluding hydrogens is 384 g/mol. The number of hydrogen-bond acceptors (Lipinski definition) is 5. The highest BCUT2D eigenvalue weighted by Crippen LogP contribution is 2.33. The van der Waals surface area contributed by atoms with Crippen LogP contribution in [0, 0.1) is 13.8 Å². The predicted octanol–water partition coefficient (Wildman–Crippen LogP) is 4.50. The van der Waals surface area contributed by atoms with Crippen LogP contribution >= 0.6 is 11.3 Å². The van der Waals surface area contributed by atoms with E-state index in [0.717, 1.165) is 51.6 Å². The van der Waals surface area contributed by atoms with Crippen molar-refractivity contribution in [2.24, 2.45) is 0 Å². The number of aromatic nitrogens is 2. The first-order chi connectivity index (χ1) is 14.0. The van der Waals surface area contributed by atoms with Crippen molar-refractivity contribution in [3.8, 4) is 0 Å². The Hall–Kier alpha value is -2.73. The number of fused-ring (bicyclic) bond motifs is 4. The maximum Gasteiger partial charge on any atom is 0.336 e. The molecule has 0 amide bonds. The fourth-order valence-electron chi connectivity index (χ4n) is 4.31. The van der Waals surface area contributed by atoms with Gasteiger partial charge in [-0.2, -0.15) is 0 Å². The highest BCUT2D eigenvalue weighted by atomic mass is 32.1. The van der Waals surface area contributed by atoms with E-state index in [2.05, 4.69) is 4.98 Å². The highest BCUT2D eigenvalue weighted by molar-refractivity contribution is 7.18. The van der Waals surface area contributed by atoms with E-state index in [1.165, 1.54) is 29.3 Å². The van der Waals surface area contributed by atoms with Gasteiger partial charge in [-0.3, -0.25) is 9.36 Å². The molecule has 0 fully saturated rings. The average molecular weight is 407 g/mol. The van der Waals surface area contributed by atoms with Crippen LogP contribution in [0.5, 0.6) is 0 Å². The Labute approximate surface area is 171 Å². The van der Waals surface area contributed by atoms with Gasteiger partial charge in [-0.05, 0) is 61.8 Å². The van der Waals surface area contributed by atoms with E-state index in [-0.39, 0.29) is 5.56 Å². The lowest BCUT2D eigenvalue weighted by molar-refractivity contribution is 0.554. The molecule has 1 aromatic carbocycles. The molecule has 1 aliphatic carbocycles. The van der Waals surface area contributed by atoms with E-state index in [4.69, 9.17) is 4.42 Å². The van der Waals surface area contributed by atoms with E-state index >= 15 is 0 Å². The number of nitrogens with zero attached hydrogens (tertiary/aromatic N) is 2. The number of thiophene rings is 1. The summed E-state index contributed by atoms with van der Waals surface area (Å²) in [5.74, 6) is 0. The smallest absolute Gasteiger partial charge is 0.336 e. The second-order valence-electron chi connectivity index (χ2n) is 7.90. The molecule has 0 radical (unpaired) electrons. The van der Waals surface area contributed by atoms with Gasteiger partial charge in [0.2, 0.25) is 0 Å². The number of rotatable bonds is 2. The van der Waals surface area contributed by atoms with Gasteiger partial charge in [0.15, 0.2) is 0 Å². The summed E-state index contributed by atoms with van der Waals surface area (Å²) in [6, 6.07) is 5.47. The average Bonchev–Trinajstić information content (AvgIpc) is 2.89. The van der Waals surface area contributed by atoms with Crippen LogP contribution in [0.1, 0.15) is 46.4 Å². The third-order valence-corrected chi connectivity index (χ3v) is 7.25. The normalized spacial score (nSPS) is 14.3. The van der Waals surface area contributed by atoms with Crippen molar-refractivity contribution in [2.45, 2.75) is 52.5 Å². The van der Waals surface area contributed by atoms with Crippen LogP contribution in [0.2, 0.25) is 0 Å². The lowest BCUT2D eigenvalue weighted by atomic mass is 10.0. The quantitative estimate of drug-likeness (QED) is 0.363. The lowest BCUT2D eigenvalue weighted by Gasteiger charge is -2.10. The molecule has 0 saturated carbocycles. The fourth-order valence-corrected chi connectivity index (χ4v) is 5.53. The molecule has 0 N–H and O–H groups in total. The lowest BCUT2D eigenvalue weighted by Crippen LogP contribution is -2.22. The zero-order chi connectivity index (χ0) is 20.1. The van der Waals surface area contributed by atoms with Crippen molar-refractivity contribution in [2.75, 3.05) is 0 Å². The summed E-state index contributed by atoms with van der Waals surface area (Å²) < 4.78 is 7.10. The number of benzene rings is 1. The van der Waals surface area contributed by atoms with Crippen LogP contribution in [0.3, 0.4) is 0 Å². The van der Waals surface area contributed by atoms with Crippen molar-refractivity contribution in [3.05, 3.63) is 72.4 Å². The minimum atomic E-state index is -0.396. The fraction of sp³-hybridized carbons (Fsp3) is 0.348. The van der Waals surface area contributed by atoms with Crippen molar-refractivity contribution in [3.63, 3.8) is 0 Å². The molecule has 5 rings (SSSR count). The second-order valence-corrected chi connectivity index (χ2v) is 8.98. The SMILES string of the molecule is Cc1ccc2c(Cn3cnc4sc5c(c4c3=O)CCCCC5)cc(=O)oc2c1C. The van der Waals surface area contributed by atoms with Crippen LogP contribution in [0.25, 0.3) is 21.2 Å². The summed E-state index contributed by atoms with van der Waals surface area (Å²) in [5, 5.41) is 1.64. The maximum absolute atomic E-state index is 13.3. The summed E-state index contributed by atoms with van der Waals surface area (Å²) in [6.07, 6.45) is 7.12. The second kappa shape index (κ2) is 6.95. The molecule has 29 heavy (non-hydrogen) atoms. The molecule has 3 heterocycles. The molecule has 148 valence electrons. The van der Waals surface area contributed by atoms with Gasteiger partial charge in [0.1, 0.15) is 10.4 Å². The molecule has 0 saturated heterocycles. The summed E-state index contributed by atoms with van der Waals surface area (Å²) in [6.45, 7) is 4.24. The molecule has 6 heteroatoms. The first-order valence-electron chi connectivity index (χ1n) is 10.1. The predicted molar refractivity (Wildman–Crippen MR) is 116 cm³/mol. The molecule has 0 bridgehead atoms. The number of hydrogen-bond donors (Lipinski definition) is 0. The Morgan fingerprint density at radius 1 is 1.14 bits per heavy atom. The van der Waals surface area contributed by atoms with Crippen molar-refractivity contribution < 1.29 is 4.42 Å². The maximum atomic E-state index is 13.3. The zero-order valence-electron chi connectivity index (χ0n) is 16.6. The molecular formula is C23H22N2O3S. The molecule has 3 aromatic heterocycles. The highest BCUT2D eigenvalue weighted by Gasteiger charge is 2.19. The van der Waals surface area contributed by atoms with Gasteiger partial charge in [0, 0.05) is 16.3 Å². The Morgan fingerprint density at radius 3 is 2.83 bits per heavy atom. The van der Waals surface area contributed by atoms with E-state index in [9.17, 15) is 9.59 Å². The van der Waals surface area contributed by atoms with Gasteiger partial charge in [0.25, 0.3) is 5.56 Å². The monoisotopic (exact) mass is 406 g/mol. The molecule has 1 aliphatic rings. The van der Waals surface area contributed by atoms with Crippen LogP contribution in [-0.2, 0) is 19.4 Å². The summed E-state index contributed by atoms with van der Waals surface area (Å²) in [4.78, 5) is 32.3. The standard InChI is InChI=1S/C23H22N2O3S/c1-13-8-9-16-15(10-19(26)28-21(16)14(13)2)11-25-12-24-22-20(23(25)27)17-6-4-3-5-7-18(17)29-22/h8-10,12H,3-7,11H2,1-2H3. The van der Waals surface area contributed by atoms with E-state index in [1.54, 1.807) is 22.2 Å². The van der Waals surface area contributed by atoms with Crippen LogP contribution < -0.4 is 11.2 Å². The summed E-state index contributed by atoms with van der Waals surface area (Å²) in [7, 11) is 0. The third-order valence-electron chi connectivity index (χ3n) is 6.05. The minimum Gasteiger partial charge on any atom is -0.422 e. The molecule has 5 nitrogen and oxygen atoms in total. The molecule has 0 aliphatic heterocycles. The third kappa shape index (κ3) is 3.02. The van der Waals surface area contributed by atoms with Crippen LogP contribution in [-0.4, -0.2) is 9.55 Å². The van der Waals surface area contributed by atoms with Gasteiger partial charge >= 0.3 is 5.63 Å². The van der Waals surface area contributed by atoms with Gasteiger partial charge in [-0.25, -0.2) is 9.78 Å². The Morgan fingerprint density at radius 2 is 1.97 bits per heavy atom. The Balaban J connectivity index is 1.67. The van der Waals surface area contributed by atoms with Crippen LogP contribution in [0.15, 0.2) is 38.5 Å². The van der Waals surface area contributed by atoms with E-state index in [0.29, 0.717) is 12.1 Å². The summed E-state index contributed by atoms with van der Waals surface area (Å²) >= 11 is 1.66. The Bertz CT molecular complexity index is 1380. The molecule has 0 spiro atoms. The molecule has 0 atom stereocenters.